The van der Waals surface area contributed by atoms with Gasteiger partial charge in [-0.1, -0.05) is 12.1 Å². The summed E-state index contributed by atoms with van der Waals surface area (Å²) in [6.45, 7) is 3.83. The molecule has 28 heavy (non-hydrogen) atoms. The van der Waals surface area contributed by atoms with Crippen molar-refractivity contribution in [1.29, 1.82) is 0 Å². The summed E-state index contributed by atoms with van der Waals surface area (Å²) in [6.07, 6.45) is -4.50. The van der Waals surface area contributed by atoms with Crippen molar-refractivity contribution in [3.05, 3.63) is 54.1 Å². The highest BCUT2D eigenvalue weighted by Gasteiger charge is 2.32. The first-order valence-corrected chi connectivity index (χ1v) is 10.3. The average molecular weight is 414 g/mol. The van der Waals surface area contributed by atoms with Gasteiger partial charge in [-0.05, 0) is 43.3 Å². The standard InChI is InChI=1S/C19H21F3N2O3S/c1-2-27-18-6-4-3-5-17(18)23-11-13-24(14-12-23)28(25,26)16-9-7-15(8-10-16)19(20,21)22/h3-10H,2,11-14H2,1H3. The lowest BCUT2D eigenvalue weighted by atomic mass is 10.2. The van der Waals surface area contributed by atoms with Gasteiger partial charge in [0.15, 0.2) is 0 Å². The van der Waals surface area contributed by atoms with E-state index in [0.29, 0.717) is 19.7 Å². The molecule has 1 fully saturated rings. The second-order valence-corrected chi connectivity index (χ2v) is 8.25. The minimum Gasteiger partial charge on any atom is -0.492 e. The van der Waals surface area contributed by atoms with E-state index in [1.807, 2.05) is 36.1 Å². The van der Waals surface area contributed by atoms with Crippen molar-refractivity contribution < 1.29 is 26.3 Å². The van der Waals surface area contributed by atoms with Crippen LogP contribution in [0, 0.1) is 0 Å². The maximum Gasteiger partial charge on any atom is 0.416 e. The molecule has 0 unspecified atom stereocenters. The highest BCUT2D eigenvalue weighted by Crippen LogP contribution is 2.31. The lowest BCUT2D eigenvalue weighted by molar-refractivity contribution is -0.137. The number of piperazine rings is 1. The Morgan fingerprint density at radius 1 is 0.964 bits per heavy atom. The number of anilines is 1. The van der Waals surface area contributed by atoms with Crippen LogP contribution in [0.4, 0.5) is 18.9 Å². The molecular formula is C19H21F3N2O3S. The van der Waals surface area contributed by atoms with Gasteiger partial charge in [0.1, 0.15) is 5.75 Å². The number of alkyl halides is 3. The second kappa shape index (κ2) is 8.00. The lowest BCUT2D eigenvalue weighted by Crippen LogP contribution is -2.48. The van der Waals surface area contributed by atoms with Crippen LogP contribution in [0.15, 0.2) is 53.4 Å². The van der Waals surface area contributed by atoms with Gasteiger partial charge >= 0.3 is 6.18 Å². The van der Waals surface area contributed by atoms with Gasteiger partial charge in [-0.3, -0.25) is 0 Å². The average Bonchev–Trinajstić information content (AvgIpc) is 2.68. The summed E-state index contributed by atoms with van der Waals surface area (Å²) in [7, 11) is -3.84. The molecule has 0 saturated carbocycles. The maximum atomic E-state index is 12.8. The number of sulfonamides is 1. The third-order valence-corrected chi connectivity index (χ3v) is 6.48. The zero-order valence-corrected chi connectivity index (χ0v) is 16.1. The third kappa shape index (κ3) is 4.25. The molecule has 3 rings (SSSR count). The van der Waals surface area contributed by atoms with Gasteiger partial charge in [-0.15, -0.1) is 0 Å². The quantitative estimate of drug-likeness (QED) is 0.750. The fourth-order valence-electron chi connectivity index (χ4n) is 3.13. The van der Waals surface area contributed by atoms with E-state index in [-0.39, 0.29) is 18.0 Å². The number of rotatable bonds is 5. The molecule has 0 N–H and O–H groups in total. The number of hydrogen-bond acceptors (Lipinski definition) is 4. The molecule has 1 saturated heterocycles. The van der Waals surface area contributed by atoms with Crippen molar-refractivity contribution in [2.75, 3.05) is 37.7 Å². The van der Waals surface area contributed by atoms with Crippen molar-refractivity contribution >= 4 is 15.7 Å². The molecule has 9 heteroatoms. The predicted octanol–water partition coefficient (Wildman–Crippen LogP) is 3.62. The van der Waals surface area contributed by atoms with Crippen LogP contribution in [0.2, 0.25) is 0 Å². The SMILES string of the molecule is CCOc1ccccc1N1CCN(S(=O)(=O)c2ccc(C(F)(F)F)cc2)CC1. The molecule has 0 radical (unpaired) electrons. The number of benzene rings is 2. The van der Waals surface area contributed by atoms with Gasteiger partial charge in [0.05, 0.1) is 22.8 Å². The number of nitrogens with zero attached hydrogens (tertiary/aromatic N) is 2. The van der Waals surface area contributed by atoms with Gasteiger partial charge < -0.3 is 9.64 Å². The van der Waals surface area contributed by atoms with Gasteiger partial charge in [0.2, 0.25) is 10.0 Å². The Bertz CT molecular complexity index is 907. The summed E-state index contributed by atoms with van der Waals surface area (Å²) >= 11 is 0. The zero-order valence-electron chi connectivity index (χ0n) is 15.3. The van der Waals surface area contributed by atoms with E-state index in [1.54, 1.807) is 0 Å². The van der Waals surface area contributed by atoms with E-state index in [4.69, 9.17) is 4.74 Å². The molecule has 1 aliphatic rings. The second-order valence-electron chi connectivity index (χ2n) is 6.31. The van der Waals surface area contributed by atoms with Crippen LogP contribution in [0.25, 0.3) is 0 Å². The van der Waals surface area contributed by atoms with Crippen molar-refractivity contribution in [2.45, 2.75) is 18.0 Å². The van der Waals surface area contributed by atoms with Crippen LogP contribution in [-0.2, 0) is 16.2 Å². The van der Waals surface area contributed by atoms with Crippen LogP contribution in [0.3, 0.4) is 0 Å². The third-order valence-electron chi connectivity index (χ3n) is 4.56. The summed E-state index contributed by atoms with van der Waals surface area (Å²) < 4.78 is 70.5. The molecule has 0 aliphatic carbocycles. The minimum absolute atomic E-state index is 0.135. The summed E-state index contributed by atoms with van der Waals surface area (Å²) in [5, 5.41) is 0. The molecule has 0 aromatic heterocycles. The molecule has 2 aromatic rings. The number of halogens is 3. The van der Waals surface area contributed by atoms with Crippen LogP contribution in [-0.4, -0.2) is 45.5 Å². The van der Waals surface area contributed by atoms with Crippen LogP contribution in [0.5, 0.6) is 5.75 Å². The van der Waals surface area contributed by atoms with Crippen molar-refractivity contribution in [1.82, 2.24) is 4.31 Å². The molecular weight excluding hydrogens is 393 g/mol. The Morgan fingerprint density at radius 2 is 1.57 bits per heavy atom. The fourth-order valence-corrected chi connectivity index (χ4v) is 4.55. The highest BCUT2D eigenvalue weighted by atomic mass is 32.2. The topological polar surface area (TPSA) is 49.9 Å². The fraction of sp³-hybridized carbons (Fsp3) is 0.368. The van der Waals surface area contributed by atoms with Gasteiger partial charge in [0, 0.05) is 26.2 Å². The molecule has 152 valence electrons. The minimum atomic E-state index is -4.50. The Labute approximate surface area is 162 Å². The van der Waals surface area contributed by atoms with Gasteiger partial charge in [-0.2, -0.15) is 17.5 Å². The zero-order chi connectivity index (χ0) is 20.4. The molecule has 0 atom stereocenters. The first-order chi connectivity index (χ1) is 13.2. The van der Waals surface area contributed by atoms with Crippen LogP contribution < -0.4 is 9.64 Å². The summed E-state index contributed by atoms with van der Waals surface area (Å²) in [6, 6.07) is 11.2. The maximum absolute atomic E-state index is 12.8. The Balaban J connectivity index is 1.72. The summed E-state index contributed by atoms with van der Waals surface area (Å²) in [5.74, 6) is 0.740. The first-order valence-electron chi connectivity index (χ1n) is 8.87. The Kier molecular flexibility index (Phi) is 5.85. The Hall–Kier alpha value is -2.26. The van der Waals surface area contributed by atoms with Gasteiger partial charge in [-0.25, -0.2) is 8.42 Å². The normalized spacial score (nSPS) is 16.2. The summed E-state index contributed by atoms with van der Waals surface area (Å²) in [5.41, 5.74) is 0.0275. The van der Waals surface area contributed by atoms with E-state index in [1.165, 1.54) is 4.31 Å². The molecule has 0 bridgehead atoms. The van der Waals surface area contributed by atoms with Crippen molar-refractivity contribution in [3.63, 3.8) is 0 Å². The van der Waals surface area contributed by atoms with E-state index >= 15 is 0 Å². The highest BCUT2D eigenvalue weighted by molar-refractivity contribution is 7.89. The number of hydrogen-bond donors (Lipinski definition) is 0. The van der Waals surface area contributed by atoms with Crippen molar-refractivity contribution in [3.8, 4) is 5.75 Å². The van der Waals surface area contributed by atoms with Crippen LogP contribution in [0.1, 0.15) is 12.5 Å². The molecule has 0 amide bonds. The van der Waals surface area contributed by atoms with Crippen molar-refractivity contribution in [2.24, 2.45) is 0 Å². The first kappa shape index (κ1) is 20.5. The molecule has 5 nitrogen and oxygen atoms in total. The molecule has 0 spiro atoms. The number of para-hydroxylation sites is 2. The largest absolute Gasteiger partial charge is 0.492 e. The Morgan fingerprint density at radius 3 is 2.14 bits per heavy atom. The van der Waals surface area contributed by atoms with E-state index in [0.717, 1.165) is 35.7 Å². The monoisotopic (exact) mass is 414 g/mol. The van der Waals surface area contributed by atoms with E-state index in [9.17, 15) is 21.6 Å². The number of ether oxygens (including phenoxy) is 1. The van der Waals surface area contributed by atoms with Gasteiger partial charge in [0.25, 0.3) is 0 Å². The lowest BCUT2D eigenvalue weighted by Gasteiger charge is -2.36. The predicted molar refractivity (Wildman–Crippen MR) is 100 cm³/mol. The smallest absolute Gasteiger partial charge is 0.416 e. The molecule has 1 heterocycles. The van der Waals surface area contributed by atoms with E-state index < -0.39 is 21.8 Å². The van der Waals surface area contributed by atoms with E-state index in [2.05, 4.69) is 0 Å². The molecule has 1 aliphatic heterocycles. The molecule has 2 aromatic carbocycles. The summed E-state index contributed by atoms with van der Waals surface area (Å²) in [4.78, 5) is 1.91. The van der Waals surface area contributed by atoms with Crippen LogP contribution >= 0.6 is 0 Å².